The highest BCUT2D eigenvalue weighted by atomic mass is 16.3. The first-order chi connectivity index (χ1) is 6.56. The molecule has 0 aromatic heterocycles. The average Bonchev–Trinajstić information content (AvgIpc) is 2.16. The lowest BCUT2D eigenvalue weighted by Gasteiger charge is -2.39. The minimum atomic E-state index is -0.287. The van der Waals surface area contributed by atoms with E-state index in [-0.39, 0.29) is 11.6 Å². The smallest absolute Gasteiger partial charge is 0.0693 e. The maximum Gasteiger partial charge on any atom is 0.0693 e. The van der Waals surface area contributed by atoms with E-state index in [0.717, 1.165) is 12.3 Å². The van der Waals surface area contributed by atoms with Gasteiger partial charge in [0.1, 0.15) is 0 Å². The Labute approximate surface area is 93.4 Å². The lowest BCUT2D eigenvalue weighted by molar-refractivity contribution is 0.0211. The van der Waals surface area contributed by atoms with Gasteiger partial charge in [0.2, 0.25) is 0 Å². The van der Waals surface area contributed by atoms with Crippen LogP contribution in [0.3, 0.4) is 0 Å². The summed E-state index contributed by atoms with van der Waals surface area (Å²) >= 11 is 0. The van der Waals surface area contributed by atoms with E-state index in [1.54, 1.807) is 0 Å². The van der Waals surface area contributed by atoms with Gasteiger partial charge >= 0.3 is 0 Å². The quantitative estimate of drug-likeness (QED) is 0.745. The predicted molar refractivity (Wildman–Crippen MR) is 63.5 cm³/mol. The van der Waals surface area contributed by atoms with Gasteiger partial charge in [0, 0.05) is 6.54 Å². The van der Waals surface area contributed by atoms with E-state index in [1.165, 1.54) is 12.8 Å². The number of aliphatic hydroxyl groups excluding tert-OH is 1. The molecule has 1 aliphatic carbocycles. The molecule has 3 heteroatoms. The van der Waals surface area contributed by atoms with E-state index < -0.39 is 0 Å². The van der Waals surface area contributed by atoms with E-state index in [4.69, 9.17) is 5.73 Å². The largest absolute Gasteiger partial charge is 0.412 e. The van der Waals surface area contributed by atoms with Gasteiger partial charge in [0.05, 0.1) is 6.10 Å². The molecule has 0 spiro atoms. The Morgan fingerprint density at radius 2 is 1.87 bits per heavy atom. The van der Waals surface area contributed by atoms with Crippen LogP contribution in [0.5, 0.6) is 0 Å². The fourth-order valence-corrected chi connectivity index (χ4v) is 2.89. The van der Waals surface area contributed by atoms with Crippen LogP contribution < -0.4 is 5.73 Å². The molecule has 15 heavy (non-hydrogen) atoms. The molecule has 1 aliphatic rings. The van der Waals surface area contributed by atoms with Crippen LogP contribution in [-0.2, 0) is 0 Å². The van der Waals surface area contributed by atoms with Gasteiger partial charge in [-0.1, -0.05) is 27.2 Å². The second-order valence-electron chi connectivity index (χ2n) is 5.29. The Hall–Kier alpha value is -0.120. The van der Waals surface area contributed by atoms with Gasteiger partial charge in [-0.25, -0.2) is 0 Å². The Kier molecular flexibility index (Phi) is 6.41. The van der Waals surface area contributed by atoms with Crippen molar-refractivity contribution in [3.63, 3.8) is 0 Å². The first-order valence-electron chi connectivity index (χ1n) is 5.94. The van der Waals surface area contributed by atoms with Crippen molar-refractivity contribution in [2.75, 3.05) is 6.54 Å². The summed E-state index contributed by atoms with van der Waals surface area (Å²) in [4.78, 5) is 0. The molecule has 3 nitrogen and oxygen atoms in total. The monoisotopic (exact) mass is 217 g/mol. The second kappa shape index (κ2) is 6.46. The van der Waals surface area contributed by atoms with Gasteiger partial charge in [-0.3, -0.25) is 0 Å². The van der Waals surface area contributed by atoms with E-state index in [2.05, 4.69) is 20.8 Å². The minimum absolute atomic E-state index is 0. The van der Waals surface area contributed by atoms with Gasteiger partial charge in [-0.15, -0.1) is 0 Å². The number of nitrogens with two attached hydrogens (primary N) is 1. The van der Waals surface area contributed by atoms with Crippen LogP contribution in [0.25, 0.3) is 0 Å². The molecule has 1 rings (SSSR count). The summed E-state index contributed by atoms with van der Waals surface area (Å²) in [5.41, 5.74) is 5.56. The van der Waals surface area contributed by atoms with Crippen LogP contribution >= 0.6 is 0 Å². The second-order valence-corrected chi connectivity index (χ2v) is 5.29. The van der Waals surface area contributed by atoms with Gasteiger partial charge in [0.25, 0.3) is 0 Å². The Bertz CT molecular complexity index is 173. The highest BCUT2D eigenvalue weighted by Crippen LogP contribution is 2.39. The molecule has 0 radical (unpaired) electrons. The molecule has 0 saturated heterocycles. The Morgan fingerprint density at radius 3 is 2.33 bits per heavy atom. The Morgan fingerprint density at radius 1 is 1.27 bits per heavy atom. The molecule has 5 N–H and O–H groups in total. The maximum absolute atomic E-state index is 9.89. The van der Waals surface area contributed by atoms with Crippen molar-refractivity contribution in [2.24, 2.45) is 29.4 Å². The van der Waals surface area contributed by atoms with Crippen molar-refractivity contribution >= 4 is 0 Å². The topological polar surface area (TPSA) is 77.8 Å². The van der Waals surface area contributed by atoms with Crippen molar-refractivity contribution in [1.29, 1.82) is 0 Å². The summed E-state index contributed by atoms with van der Waals surface area (Å²) in [6.07, 6.45) is 3.45. The fraction of sp³-hybridized carbons (Fsp3) is 1.00. The summed E-state index contributed by atoms with van der Waals surface area (Å²) in [7, 11) is 0. The summed E-state index contributed by atoms with van der Waals surface area (Å²) < 4.78 is 0. The number of rotatable bonds is 3. The third kappa shape index (κ3) is 3.74. The standard InChI is InChI=1S/C12H25NO.H2O/c1-8(2)10-5-4-9(3)6-11(10)12(14)7-13;/h8-12,14H,4-7,13H2,1-3H3;1H2. The highest BCUT2D eigenvalue weighted by Gasteiger charge is 2.34. The van der Waals surface area contributed by atoms with E-state index in [0.29, 0.717) is 24.3 Å². The fourth-order valence-electron chi connectivity index (χ4n) is 2.89. The van der Waals surface area contributed by atoms with Gasteiger partial charge in [0.15, 0.2) is 0 Å². The maximum atomic E-state index is 9.89. The molecule has 0 aromatic carbocycles. The molecule has 0 heterocycles. The number of hydrogen-bond acceptors (Lipinski definition) is 2. The molecule has 0 bridgehead atoms. The van der Waals surface area contributed by atoms with Gasteiger partial charge < -0.3 is 16.3 Å². The molecule has 0 aromatic rings. The van der Waals surface area contributed by atoms with Crippen LogP contribution in [0, 0.1) is 23.7 Å². The summed E-state index contributed by atoms with van der Waals surface area (Å²) in [6.45, 7) is 7.22. The molecular formula is C12H27NO2. The first-order valence-corrected chi connectivity index (χ1v) is 5.94. The first kappa shape index (κ1) is 14.9. The zero-order chi connectivity index (χ0) is 10.7. The normalized spacial score (nSPS) is 33.6. The molecular weight excluding hydrogens is 190 g/mol. The van der Waals surface area contributed by atoms with Crippen molar-refractivity contribution in [3.05, 3.63) is 0 Å². The minimum Gasteiger partial charge on any atom is -0.412 e. The summed E-state index contributed by atoms with van der Waals surface area (Å²) in [6, 6.07) is 0. The summed E-state index contributed by atoms with van der Waals surface area (Å²) in [5, 5.41) is 9.89. The molecule has 1 fully saturated rings. The highest BCUT2D eigenvalue weighted by molar-refractivity contribution is 4.85. The SMILES string of the molecule is CC1CCC(C(C)C)C(C(O)CN)C1.O. The van der Waals surface area contributed by atoms with Crippen molar-refractivity contribution < 1.29 is 10.6 Å². The van der Waals surface area contributed by atoms with E-state index >= 15 is 0 Å². The van der Waals surface area contributed by atoms with Crippen LogP contribution in [0.1, 0.15) is 40.0 Å². The molecule has 92 valence electrons. The average molecular weight is 217 g/mol. The van der Waals surface area contributed by atoms with Crippen LogP contribution in [0.2, 0.25) is 0 Å². The van der Waals surface area contributed by atoms with Crippen molar-refractivity contribution in [2.45, 2.75) is 46.1 Å². The van der Waals surface area contributed by atoms with Crippen LogP contribution in [0.4, 0.5) is 0 Å². The molecule has 4 atom stereocenters. The lowest BCUT2D eigenvalue weighted by Crippen LogP contribution is -2.39. The molecule has 0 amide bonds. The zero-order valence-corrected chi connectivity index (χ0v) is 10.2. The van der Waals surface area contributed by atoms with Gasteiger partial charge in [-0.05, 0) is 36.5 Å². The van der Waals surface area contributed by atoms with Crippen LogP contribution in [0.15, 0.2) is 0 Å². The number of hydrogen-bond donors (Lipinski definition) is 2. The molecule has 4 unspecified atom stereocenters. The summed E-state index contributed by atoms with van der Waals surface area (Å²) in [5.74, 6) is 2.54. The van der Waals surface area contributed by atoms with E-state index in [1.807, 2.05) is 0 Å². The van der Waals surface area contributed by atoms with Crippen molar-refractivity contribution in [3.8, 4) is 0 Å². The predicted octanol–water partition coefficient (Wildman–Crippen LogP) is 1.19. The number of aliphatic hydroxyl groups is 1. The Balaban J connectivity index is 0.00000196. The van der Waals surface area contributed by atoms with E-state index in [9.17, 15) is 5.11 Å². The van der Waals surface area contributed by atoms with Crippen LogP contribution in [-0.4, -0.2) is 23.2 Å². The third-order valence-corrected chi connectivity index (χ3v) is 3.81. The van der Waals surface area contributed by atoms with Crippen molar-refractivity contribution in [1.82, 2.24) is 0 Å². The molecule has 0 aliphatic heterocycles. The molecule has 1 saturated carbocycles. The third-order valence-electron chi connectivity index (χ3n) is 3.81. The zero-order valence-electron chi connectivity index (χ0n) is 10.2. The van der Waals surface area contributed by atoms with Gasteiger partial charge in [-0.2, -0.15) is 0 Å². The lowest BCUT2D eigenvalue weighted by atomic mass is 9.68.